The number of carboxylic acid groups (broad SMARTS) is 1. The van der Waals surface area contributed by atoms with E-state index in [-0.39, 0.29) is 18.2 Å². The summed E-state index contributed by atoms with van der Waals surface area (Å²) in [4.78, 5) is 34.6. The molecule has 2 aromatic heterocycles. The fourth-order valence-corrected chi connectivity index (χ4v) is 2.90. The summed E-state index contributed by atoms with van der Waals surface area (Å²) in [7, 11) is 0. The van der Waals surface area contributed by atoms with Crippen molar-refractivity contribution < 1.29 is 15.0 Å². The number of aromatic amines is 1. The Hall–Kier alpha value is -3.26. The largest absolute Gasteiger partial charge is 0.478 e. The van der Waals surface area contributed by atoms with Crippen LogP contribution in [0.5, 0.6) is 0 Å². The number of aliphatic hydroxyl groups is 1. The predicted molar refractivity (Wildman–Crippen MR) is 101 cm³/mol. The minimum atomic E-state index is -1.03. The van der Waals surface area contributed by atoms with E-state index >= 15 is 0 Å². The van der Waals surface area contributed by atoms with Gasteiger partial charge in [0.15, 0.2) is 11.3 Å². The summed E-state index contributed by atoms with van der Waals surface area (Å²) in [5, 5.41) is 18.5. The number of imidazole rings is 1. The molecule has 0 aliphatic carbocycles. The quantitative estimate of drug-likeness (QED) is 0.573. The minimum absolute atomic E-state index is 0.0293. The number of aliphatic hydroxyl groups excluding tert-OH is 1. The van der Waals surface area contributed by atoms with Crippen molar-refractivity contribution in [1.29, 1.82) is 0 Å². The predicted octanol–water partition coefficient (Wildman–Crippen LogP) is 2.07. The maximum absolute atomic E-state index is 12.3. The Bertz CT molecular complexity index is 1070. The van der Waals surface area contributed by atoms with E-state index < -0.39 is 12.0 Å². The van der Waals surface area contributed by atoms with Crippen molar-refractivity contribution in [3.8, 4) is 11.3 Å². The molecule has 8 nitrogen and oxygen atoms in total. The van der Waals surface area contributed by atoms with Crippen LogP contribution in [0.3, 0.4) is 0 Å². The molecule has 2 heterocycles. The number of carboxylic acids is 1. The van der Waals surface area contributed by atoms with Gasteiger partial charge >= 0.3 is 11.7 Å². The van der Waals surface area contributed by atoms with Crippen molar-refractivity contribution >= 4 is 23.3 Å². The zero-order chi connectivity index (χ0) is 19.6. The van der Waals surface area contributed by atoms with Gasteiger partial charge in [-0.25, -0.2) is 19.6 Å². The normalized spacial score (nSPS) is 12.9. The van der Waals surface area contributed by atoms with Crippen LogP contribution < -0.4 is 5.69 Å². The van der Waals surface area contributed by atoms with Gasteiger partial charge in [-0.05, 0) is 23.6 Å². The monoisotopic (exact) mass is 368 g/mol. The molecule has 1 aromatic carbocycles. The topological polar surface area (TPSA) is 121 Å². The van der Waals surface area contributed by atoms with E-state index in [9.17, 15) is 14.7 Å². The summed E-state index contributed by atoms with van der Waals surface area (Å²) >= 11 is 0. The summed E-state index contributed by atoms with van der Waals surface area (Å²) in [6, 6.07) is 6.77. The van der Waals surface area contributed by atoms with Crippen LogP contribution in [-0.4, -0.2) is 42.3 Å². The number of hydrogen-bond acceptors (Lipinski definition) is 5. The van der Waals surface area contributed by atoms with E-state index in [0.717, 1.165) is 11.6 Å². The van der Waals surface area contributed by atoms with Gasteiger partial charge in [-0.3, -0.25) is 9.55 Å². The molecule has 1 atom stereocenters. The third kappa shape index (κ3) is 3.80. The number of hydrogen-bond donors (Lipinski definition) is 3. The molecule has 3 N–H and O–H groups in total. The number of nitrogens with zero attached hydrogens (tertiary/aromatic N) is 3. The van der Waals surface area contributed by atoms with Gasteiger partial charge in [-0.15, -0.1) is 0 Å². The average Bonchev–Trinajstić information content (AvgIpc) is 2.96. The molecule has 0 amide bonds. The highest BCUT2D eigenvalue weighted by Crippen LogP contribution is 2.23. The number of aliphatic carboxylic acids is 1. The van der Waals surface area contributed by atoms with Crippen LogP contribution in [0.4, 0.5) is 0 Å². The maximum atomic E-state index is 12.3. The average molecular weight is 368 g/mol. The summed E-state index contributed by atoms with van der Waals surface area (Å²) in [6.45, 7) is 3.65. The number of carbonyl (C=O) groups is 1. The number of fused-ring (bicyclic) bond motifs is 1. The van der Waals surface area contributed by atoms with Crippen LogP contribution in [0, 0.1) is 5.92 Å². The first-order chi connectivity index (χ1) is 12.9. The SMILES string of the molecule is CC(C)[C@@H](CO)n1c(=O)[nH]c2ncc(-c3cccc(/C=C/C(=O)O)c3)nc21. The molecule has 0 saturated carbocycles. The van der Waals surface area contributed by atoms with Crippen LogP contribution in [0.2, 0.25) is 0 Å². The molecule has 140 valence electrons. The number of nitrogens with one attached hydrogen (secondary N) is 1. The number of aromatic nitrogens is 4. The fourth-order valence-electron chi connectivity index (χ4n) is 2.90. The highest BCUT2D eigenvalue weighted by atomic mass is 16.4. The highest BCUT2D eigenvalue weighted by molar-refractivity contribution is 5.85. The third-order valence-electron chi connectivity index (χ3n) is 4.32. The van der Waals surface area contributed by atoms with Crippen LogP contribution in [-0.2, 0) is 4.79 Å². The number of rotatable bonds is 6. The molecule has 0 saturated heterocycles. The lowest BCUT2D eigenvalue weighted by atomic mass is 10.1. The van der Waals surface area contributed by atoms with E-state index in [1.54, 1.807) is 24.4 Å². The highest BCUT2D eigenvalue weighted by Gasteiger charge is 2.21. The first-order valence-electron chi connectivity index (χ1n) is 8.50. The van der Waals surface area contributed by atoms with E-state index in [2.05, 4.69) is 15.0 Å². The van der Waals surface area contributed by atoms with Crippen LogP contribution in [0.15, 0.2) is 41.3 Å². The van der Waals surface area contributed by atoms with Gasteiger partial charge < -0.3 is 10.2 Å². The van der Waals surface area contributed by atoms with Crippen molar-refractivity contribution in [3.05, 3.63) is 52.6 Å². The van der Waals surface area contributed by atoms with Crippen LogP contribution >= 0.6 is 0 Å². The van der Waals surface area contributed by atoms with E-state index in [1.165, 1.54) is 10.6 Å². The molecule has 0 fully saturated rings. The first-order valence-corrected chi connectivity index (χ1v) is 8.50. The zero-order valence-corrected chi connectivity index (χ0v) is 15.0. The minimum Gasteiger partial charge on any atom is -0.478 e. The summed E-state index contributed by atoms with van der Waals surface area (Å²) in [5.41, 5.74) is 2.34. The molecule has 0 aliphatic rings. The van der Waals surface area contributed by atoms with Gasteiger partial charge in [0.25, 0.3) is 0 Å². The molecule has 0 spiro atoms. The Morgan fingerprint density at radius 3 is 2.81 bits per heavy atom. The second-order valence-electron chi connectivity index (χ2n) is 6.52. The maximum Gasteiger partial charge on any atom is 0.329 e. The Morgan fingerprint density at radius 2 is 2.15 bits per heavy atom. The van der Waals surface area contributed by atoms with E-state index in [4.69, 9.17) is 5.11 Å². The van der Waals surface area contributed by atoms with E-state index in [0.29, 0.717) is 22.6 Å². The van der Waals surface area contributed by atoms with Gasteiger partial charge in [-0.2, -0.15) is 0 Å². The Balaban J connectivity index is 2.11. The zero-order valence-electron chi connectivity index (χ0n) is 15.0. The lowest BCUT2D eigenvalue weighted by Crippen LogP contribution is -2.28. The lowest BCUT2D eigenvalue weighted by molar-refractivity contribution is -0.131. The second kappa shape index (κ2) is 7.55. The molecule has 27 heavy (non-hydrogen) atoms. The Kier molecular flexibility index (Phi) is 5.18. The lowest BCUT2D eigenvalue weighted by Gasteiger charge is -2.19. The fraction of sp³-hybridized carbons (Fsp3) is 0.263. The van der Waals surface area contributed by atoms with Crippen molar-refractivity contribution in [2.45, 2.75) is 19.9 Å². The Morgan fingerprint density at radius 1 is 1.37 bits per heavy atom. The van der Waals surface area contributed by atoms with Crippen molar-refractivity contribution in [1.82, 2.24) is 19.5 Å². The third-order valence-corrected chi connectivity index (χ3v) is 4.32. The van der Waals surface area contributed by atoms with Crippen LogP contribution in [0.1, 0.15) is 25.5 Å². The molecular weight excluding hydrogens is 348 g/mol. The smallest absolute Gasteiger partial charge is 0.329 e. The Labute approximate surface area is 154 Å². The molecule has 0 unspecified atom stereocenters. The van der Waals surface area contributed by atoms with E-state index in [1.807, 2.05) is 19.9 Å². The molecule has 3 rings (SSSR count). The van der Waals surface area contributed by atoms with Crippen LogP contribution in [0.25, 0.3) is 28.6 Å². The second-order valence-corrected chi connectivity index (χ2v) is 6.52. The summed E-state index contributed by atoms with van der Waals surface area (Å²) in [6.07, 6.45) is 4.10. The van der Waals surface area contributed by atoms with Gasteiger partial charge in [0, 0.05) is 11.6 Å². The van der Waals surface area contributed by atoms with Gasteiger partial charge in [0.2, 0.25) is 0 Å². The number of benzene rings is 1. The summed E-state index contributed by atoms with van der Waals surface area (Å²) < 4.78 is 1.44. The van der Waals surface area contributed by atoms with Gasteiger partial charge in [0.05, 0.1) is 24.5 Å². The molecule has 0 bridgehead atoms. The summed E-state index contributed by atoms with van der Waals surface area (Å²) in [5.74, 6) is -0.997. The molecule has 0 radical (unpaired) electrons. The standard InChI is InChI=1S/C19H20N4O4/c1-11(2)15(10-24)23-18-17(22-19(23)27)20-9-14(21-18)13-5-3-4-12(8-13)6-7-16(25)26/h3-9,11,15,24H,10H2,1-2H3,(H,25,26)(H,20,22,27)/b7-6+/t15-/m1/s1. The van der Waals surface area contributed by atoms with Gasteiger partial charge in [-0.1, -0.05) is 32.0 Å². The first kappa shape index (κ1) is 18.5. The molecule has 8 heteroatoms. The number of H-pyrrole nitrogens is 1. The van der Waals surface area contributed by atoms with Crippen molar-refractivity contribution in [3.63, 3.8) is 0 Å². The molecule has 0 aliphatic heterocycles. The molecular formula is C19H20N4O4. The van der Waals surface area contributed by atoms with Crippen molar-refractivity contribution in [2.75, 3.05) is 6.61 Å². The van der Waals surface area contributed by atoms with Gasteiger partial charge in [0.1, 0.15) is 0 Å². The van der Waals surface area contributed by atoms with Crippen molar-refractivity contribution in [2.24, 2.45) is 5.92 Å². The molecule has 3 aromatic rings.